The van der Waals surface area contributed by atoms with E-state index in [-0.39, 0.29) is 11.7 Å². The van der Waals surface area contributed by atoms with Crippen molar-refractivity contribution >= 4 is 33.8 Å². The summed E-state index contributed by atoms with van der Waals surface area (Å²) in [7, 11) is 0. The van der Waals surface area contributed by atoms with Crippen LogP contribution in [0.4, 0.5) is 10.1 Å². The van der Waals surface area contributed by atoms with Gasteiger partial charge in [0.05, 0.1) is 0 Å². The van der Waals surface area contributed by atoms with Crippen LogP contribution in [0.3, 0.4) is 0 Å². The number of anilines is 1. The van der Waals surface area contributed by atoms with Gasteiger partial charge in [0.1, 0.15) is 10.8 Å². The molecule has 0 unspecified atom stereocenters. The Labute approximate surface area is 172 Å². The molecule has 3 N–H and O–H groups in total. The summed E-state index contributed by atoms with van der Waals surface area (Å²) in [5.41, 5.74) is 4.52. The molecule has 0 aliphatic rings. The fourth-order valence-electron chi connectivity index (χ4n) is 3.34. The zero-order valence-corrected chi connectivity index (χ0v) is 16.8. The predicted octanol–water partition coefficient (Wildman–Crippen LogP) is 4.66. The molecule has 1 amide bonds. The fraction of sp³-hybridized carbons (Fsp3) is 0.182. The molecule has 7 heteroatoms. The lowest BCUT2D eigenvalue weighted by molar-refractivity contribution is 0.102. The Morgan fingerprint density at radius 2 is 2.03 bits per heavy atom. The Balaban J connectivity index is 1.46. The smallest absolute Gasteiger partial charge is 0.255 e. The maximum absolute atomic E-state index is 13.1. The topological polar surface area (TPSA) is 69.8 Å². The Morgan fingerprint density at radius 3 is 2.79 bits per heavy atom. The SMILES string of the molecule is Cc1[nH]c2ccc(NC(=O)c3ccc(F)cc3)cc2c1CCNCc1nccs1. The van der Waals surface area contributed by atoms with E-state index in [1.54, 1.807) is 11.3 Å². The van der Waals surface area contributed by atoms with Gasteiger partial charge < -0.3 is 15.6 Å². The van der Waals surface area contributed by atoms with Gasteiger partial charge in [-0.1, -0.05) is 0 Å². The van der Waals surface area contributed by atoms with E-state index >= 15 is 0 Å². The molecule has 2 aromatic heterocycles. The lowest BCUT2D eigenvalue weighted by atomic mass is 10.1. The molecule has 0 fully saturated rings. The Kier molecular flexibility index (Phi) is 5.69. The van der Waals surface area contributed by atoms with Crippen molar-refractivity contribution in [3.8, 4) is 0 Å². The van der Waals surface area contributed by atoms with E-state index in [4.69, 9.17) is 0 Å². The summed E-state index contributed by atoms with van der Waals surface area (Å²) < 4.78 is 13.1. The summed E-state index contributed by atoms with van der Waals surface area (Å²) in [6, 6.07) is 11.3. The van der Waals surface area contributed by atoms with Crippen molar-refractivity contribution in [2.24, 2.45) is 0 Å². The number of amides is 1. The zero-order valence-electron chi connectivity index (χ0n) is 16.0. The Morgan fingerprint density at radius 1 is 1.21 bits per heavy atom. The van der Waals surface area contributed by atoms with Gasteiger partial charge in [0.15, 0.2) is 0 Å². The van der Waals surface area contributed by atoms with Gasteiger partial charge >= 0.3 is 0 Å². The normalized spacial score (nSPS) is 11.1. The third-order valence-electron chi connectivity index (χ3n) is 4.80. The van der Waals surface area contributed by atoms with Crippen LogP contribution in [0.25, 0.3) is 10.9 Å². The van der Waals surface area contributed by atoms with Crippen LogP contribution in [-0.2, 0) is 13.0 Å². The monoisotopic (exact) mass is 408 g/mol. The second-order valence-electron chi connectivity index (χ2n) is 6.80. The molecule has 0 aliphatic carbocycles. The number of aryl methyl sites for hydroxylation is 1. The van der Waals surface area contributed by atoms with Crippen molar-refractivity contribution in [3.63, 3.8) is 0 Å². The molecule has 0 bridgehead atoms. The van der Waals surface area contributed by atoms with Gasteiger partial charge in [-0.25, -0.2) is 9.37 Å². The van der Waals surface area contributed by atoms with E-state index in [1.165, 1.54) is 29.8 Å². The molecule has 0 saturated heterocycles. The Hall–Kier alpha value is -3.03. The summed E-state index contributed by atoms with van der Waals surface area (Å²) in [6.45, 7) is 3.66. The van der Waals surface area contributed by atoms with Crippen molar-refractivity contribution in [3.05, 3.63) is 81.7 Å². The molecular weight excluding hydrogens is 387 g/mol. The van der Waals surface area contributed by atoms with Crippen molar-refractivity contribution < 1.29 is 9.18 Å². The summed E-state index contributed by atoms with van der Waals surface area (Å²) in [4.78, 5) is 20.1. The number of carbonyl (C=O) groups excluding carboxylic acids is 1. The molecule has 0 spiro atoms. The maximum atomic E-state index is 13.1. The molecular formula is C22H21FN4OS. The highest BCUT2D eigenvalue weighted by Gasteiger charge is 2.11. The molecule has 2 heterocycles. The molecule has 148 valence electrons. The predicted molar refractivity (Wildman–Crippen MR) is 115 cm³/mol. The fourth-order valence-corrected chi connectivity index (χ4v) is 3.92. The van der Waals surface area contributed by atoms with Crippen molar-refractivity contribution in [2.45, 2.75) is 19.9 Å². The second kappa shape index (κ2) is 8.55. The van der Waals surface area contributed by atoms with Crippen molar-refractivity contribution in [1.29, 1.82) is 0 Å². The summed E-state index contributed by atoms with van der Waals surface area (Å²) >= 11 is 1.64. The van der Waals surface area contributed by atoms with E-state index in [0.717, 1.165) is 41.1 Å². The standard InChI is InChI=1S/C22H21FN4OS/c1-14-18(8-9-24-13-21-25-10-11-29-21)19-12-17(6-7-20(19)26-14)27-22(28)15-2-4-16(23)5-3-15/h2-7,10-12,24,26H,8-9,13H2,1H3,(H,27,28). The van der Waals surface area contributed by atoms with Crippen LogP contribution in [0.2, 0.25) is 0 Å². The number of aromatic amines is 1. The van der Waals surface area contributed by atoms with Gasteiger partial charge in [0, 0.05) is 46.0 Å². The number of aromatic nitrogens is 2. The van der Waals surface area contributed by atoms with Crippen LogP contribution < -0.4 is 10.6 Å². The van der Waals surface area contributed by atoms with Gasteiger partial charge in [-0.05, 0) is 67.9 Å². The first-order valence-corrected chi connectivity index (χ1v) is 10.3. The highest BCUT2D eigenvalue weighted by molar-refractivity contribution is 7.09. The van der Waals surface area contributed by atoms with Gasteiger partial charge in [0.25, 0.3) is 5.91 Å². The molecule has 4 aromatic rings. The molecule has 5 nitrogen and oxygen atoms in total. The number of hydrogen-bond donors (Lipinski definition) is 3. The number of thiazole rings is 1. The third kappa shape index (κ3) is 4.52. The first-order chi connectivity index (χ1) is 14.1. The highest BCUT2D eigenvalue weighted by Crippen LogP contribution is 2.26. The number of halogens is 1. The number of nitrogens with one attached hydrogen (secondary N) is 3. The quantitative estimate of drug-likeness (QED) is 0.390. The molecule has 0 atom stereocenters. The van der Waals surface area contributed by atoms with Crippen LogP contribution in [0.5, 0.6) is 0 Å². The first kappa shape index (κ1) is 19.3. The molecule has 0 saturated carbocycles. The van der Waals surface area contributed by atoms with Gasteiger partial charge in [-0.2, -0.15) is 0 Å². The van der Waals surface area contributed by atoms with Crippen LogP contribution >= 0.6 is 11.3 Å². The molecule has 0 radical (unpaired) electrons. The van der Waals surface area contributed by atoms with Crippen LogP contribution in [0, 0.1) is 12.7 Å². The Bertz CT molecular complexity index is 1120. The van der Waals surface area contributed by atoms with E-state index < -0.39 is 0 Å². The zero-order chi connectivity index (χ0) is 20.2. The molecule has 29 heavy (non-hydrogen) atoms. The first-order valence-electron chi connectivity index (χ1n) is 9.37. The maximum Gasteiger partial charge on any atom is 0.255 e. The molecule has 4 rings (SSSR count). The minimum Gasteiger partial charge on any atom is -0.358 e. The van der Waals surface area contributed by atoms with Gasteiger partial charge in [0.2, 0.25) is 0 Å². The third-order valence-corrected chi connectivity index (χ3v) is 5.57. The number of benzene rings is 2. The number of H-pyrrole nitrogens is 1. The van der Waals surface area contributed by atoms with E-state index in [2.05, 4.69) is 27.5 Å². The lowest BCUT2D eigenvalue weighted by Gasteiger charge is -2.07. The van der Waals surface area contributed by atoms with Crippen molar-refractivity contribution in [2.75, 3.05) is 11.9 Å². The number of rotatable bonds is 7. The van der Waals surface area contributed by atoms with Gasteiger partial charge in [-0.15, -0.1) is 11.3 Å². The number of nitrogens with zero attached hydrogens (tertiary/aromatic N) is 1. The highest BCUT2D eigenvalue weighted by atomic mass is 32.1. The number of carbonyl (C=O) groups is 1. The average Bonchev–Trinajstić information content (AvgIpc) is 3.33. The summed E-state index contributed by atoms with van der Waals surface area (Å²) in [5, 5.41) is 10.5. The molecule has 2 aromatic carbocycles. The van der Waals surface area contributed by atoms with Gasteiger partial charge in [-0.3, -0.25) is 4.79 Å². The van der Waals surface area contributed by atoms with Crippen LogP contribution in [0.15, 0.2) is 54.0 Å². The minimum atomic E-state index is -0.362. The number of hydrogen-bond acceptors (Lipinski definition) is 4. The van der Waals surface area contributed by atoms with Crippen LogP contribution in [0.1, 0.15) is 26.6 Å². The number of fused-ring (bicyclic) bond motifs is 1. The van der Waals surface area contributed by atoms with Crippen molar-refractivity contribution in [1.82, 2.24) is 15.3 Å². The average molecular weight is 409 g/mol. The van der Waals surface area contributed by atoms with E-state index in [0.29, 0.717) is 11.3 Å². The van der Waals surface area contributed by atoms with E-state index in [9.17, 15) is 9.18 Å². The largest absolute Gasteiger partial charge is 0.358 e. The summed E-state index contributed by atoms with van der Waals surface area (Å²) in [6.07, 6.45) is 2.68. The van der Waals surface area contributed by atoms with E-state index in [1.807, 2.05) is 29.8 Å². The minimum absolute atomic E-state index is 0.261. The summed E-state index contributed by atoms with van der Waals surface area (Å²) in [5.74, 6) is -0.623. The second-order valence-corrected chi connectivity index (χ2v) is 7.78. The lowest BCUT2D eigenvalue weighted by Crippen LogP contribution is -2.16. The van der Waals surface area contributed by atoms with Crippen LogP contribution in [-0.4, -0.2) is 22.4 Å². The molecule has 0 aliphatic heterocycles.